The molecule has 1 atom stereocenters. The fraction of sp³-hybridized carbons (Fsp3) is 0.467. The summed E-state index contributed by atoms with van der Waals surface area (Å²) in [6.07, 6.45) is 4.54. The summed E-state index contributed by atoms with van der Waals surface area (Å²) >= 11 is 0. The summed E-state index contributed by atoms with van der Waals surface area (Å²) in [5.41, 5.74) is 3.41. The molecule has 2 rings (SSSR count). The van der Waals surface area contributed by atoms with E-state index in [9.17, 15) is 9.59 Å². The average molecular weight is 261 g/mol. The number of hydrogen-bond acceptors (Lipinski definition) is 2. The highest BCUT2D eigenvalue weighted by atomic mass is 16.4. The van der Waals surface area contributed by atoms with Gasteiger partial charge in [-0.05, 0) is 55.9 Å². The van der Waals surface area contributed by atoms with Gasteiger partial charge in [0.2, 0.25) is 5.91 Å². The molecule has 102 valence electrons. The lowest BCUT2D eigenvalue weighted by Crippen LogP contribution is -2.35. The van der Waals surface area contributed by atoms with Crippen LogP contribution in [0.1, 0.15) is 30.9 Å². The Hall–Kier alpha value is -1.84. The molecule has 1 aromatic carbocycles. The van der Waals surface area contributed by atoms with E-state index < -0.39 is 11.9 Å². The van der Waals surface area contributed by atoms with Gasteiger partial charge >= 0.3 is 5.97 Å². The van der Waals surface area contributed by atoms with Crippen LogP contribution in [0.15, 0.2) is 18.2 Å². The second kappa shape index (κ2) is 5.43. The van der Waals surface area contributed by atoms with Gasteiger partial charge in [0.05, 0.1) is 0 Å². The Balaban J connectivity index is 2.22. The lowest BCUT2D eigenvalue weighted by molar-refractivity contribution is -0.145. The number of amides is 1. The molecule has 1 unspecified atom stereocenters. The Labute approximate surface area is 113 Å². The number of aryl methyl sites for hydroxylation is 2. The summed E-state index contributed by atoms with van der Waals surface area (Å²) in [7, 11) is 1.63. The van der Waals surface area contributed by atoms with Gasteiger partial charge in [-0.2, -0.15) is 0 Å². The summed E-state index contributed by atoms with van der Waals surface area (Å²) in [6, 6.07) is 5.97. The van der Waals surface area contributed by atoms with Crippen molar-refractivity contribution in [2.24, 2.45) is 5.92 Å². The van der Waals surface area contributed by atoms with Crippen molar-refractivity contribution in [3.8, 4) is 0 Å². The summed E-state index contributed by atoms with van der Waals surface area (Å²) < 4.78 is 0. The molecule has 0 saturated carbocycles. The Kier molecular flexibility index (Phi) is 3.88. The number of aliphatic carboxylic acids is 1. The highest BCUT2D eigenvalue weighted by molar-refractivity contribution is 6.05. The molecule has 1 amide bonds. The minimum absolute atomic E-state index is 0.386. The van der Waals surface area contributed by atoms with E-state index in [0.29, 0.717) is 0 Å². The Morgan fingerprint density at radius 3 is 2.47 bits per heavy atom. The van der Waals surface area contributed by atoms with Gasteiger partial charge in [0.1, 0.15) is 5.92 Å². The van der Waals surface area contributed by atoms with E-state index in [1.165, 1.54) is 35.8 Å². The smallest absolute Gasteiger partial charge is 0.315 e. The number of carboxylic acid groups (broad SMARTS) is 1. The van der Waals surface area contributed by atoms with Crippen LogP contribution >= 0.6 is 0 Å². The van der Waals surface area contributed by atoms with Gasteiger partial charge < -0.3 is 10.0 Å². The zero-order chi connectivity index (χ0) is 14.0. The monoisotopic (exact) mass is 261 g/mol. The molecule has 1 aromatic rings. The first kappa shape index (κ1) is 13.6. The number of hydrogen-bond donors (Lipinski definition) is 1. The van der Waals surface area contributed by atoms with E-state index in [-0.39, 0.29) is 5.91 Å². The number of rotatable bonds is 3. The summed E-state index contributed by atoms with van der Waals surface area (Å²) in [4.78, 5) is 24.3. The number of carbonyl (C=O) groups excluding carboxylic acids is 1. The maximum Gasteiger partial charge on any atom is 0.315 e. The molecule has 0 saturated heterocycles. The second-order valence-corrected chi connectivity index (χ2v) is 5.12. The quantitative estimate of drug-likeness (QED) is 0.849. The molecule has 4 nitrogen and oxygen atoms in total. The molecule has 1 aliphatic rings. The fourth-order valence-corrected chi connectivity index (χ4v) is 2.45. The largest absolute Gasteiger partial charge is 0.481 e. The first-order valence-corrected chi connectivity index (χ1v) is 6.63. The van der Waals surface area contributed by atoms with Gasteiger partial charge in [-0.25, -0.2) is 0 Å². The van der Waals surface area contributed by atoms with Crippen LogP contribution in [0.25, 0.3) is 0 Å². The average Bonchev–Trinajstić information content (AvgIpc) is 2.44. The molecular weight excluding hydrogens is 242 g/mol. The van der Waals surface area contributed by atoms with E-state index in [2.05, 4.69) is 6.07 Å². The number of nitrogens with zero attached hydrogens (tertiary/aromatic N) is 1. The zero-order valence-corrected chi connectivity index (χ0v) is 11.3. The minimum atomic E-state index is -1.09. The van der Waals surface area contributed by atoms with Gasteiger partial charge in [0.15, 0.2) is 0 Å². The molecule has 0 aromatic heterocycles. The molecule has 1 N–H and O–H groups in total. The van der Waals surface area contributed by atoms with Gasteiger partial charge in [-0.3, -0.25) is 9.59 Å². The van der Waals surface area contributed by atoms with Crippen LogP contribution in [-0.2, 0) is 22.4 Å². The lowest BCUT2D eigenvalue weighted by atomic mass is 9.91. The van der Waals surface area contributed by atoms with E-state index >= 15 is 0 Å². The van der Waals surface area contributed by atoms with Crippen molar-refractivity contribution in [3.05, 3.63) is 29.3 Å². The van der Waals surface area contributed by atoms with Gasteiger partial charge in [0.25, 0.3) is 0 Å². The van der Waals surface area contributed by atoms with Crippen LogP contribution < -0.4 is 4.90 Å². The predicted octanol–water partition coefficient (Wildman–Crippen LogP) is 2.25. The van der Waals surface area contributed by atoms with E-state index in [0.717, 1.165) is 18.5 Å². The third-order valence-electron chi connectivity index (χ3n) is 3.79. The molecule has 0 bridgehead atoms. The van der Waals surface area contributed by atoms with E-state index in [4.69, 9.17) is 5.11 Å². The molecule has 1 aliphatic carbocycles. The van der Waals surface area contributed by atoms with Gasteiger partial charge in [-0.15, -0.1) is 0 Å². The van der Waals surface area contributed by atoms with Crippen LogP contribution in [0, 0.1) is 5.92 Å². The molecule has 0 radical (unpaired) electrons. The van der Waals surface area contributed by atoms with Crippen LogP contribution in [0.3, 0.4) is 0 Å². The third-order valence-corrected chi connectivity index (χ3v) is 3.79. The summed E-state index contributed by atoms with van der Waals surface area (Å²) in [5.74, 6) is -2.49. The number of carboxylic acids is 1. The maximum atomic E-state index is 12.0. The topological polar surface area (TPSA) is 57.6 Å². The van der Waals surface area contributed by atoms with Crippen molar-refractivity contribution >= 4 is 17.6 Å². The number of anilines is 1. The molecular formula is C15H19NO3. The highest BCUT2D eigenvalue weighted by Crippen LogP contribution is 2.26. The molecule has 4 heteroatoms. The molecule has 0 spiro atoms. The minimum Gasteiger partial charge on any atom is -0.481 e. The van der Waals surface area contributed by atoms with Crippen molar-refractivity contribution in [2.45, 2.75) is 32.6 Å². The number of fused-ring (bicyclic) bond motifs is 1. The summed E-state index contributed by atoms with van der Waals surface area (Å²) in [5, 5.41) is 8.89. The van der Waals surface area contributed by atoms with Crippen molar-refractivity contribution in [1.82, 2.24) is 0 Å². The van der Waals surface area contributed by atoms with Crippen LogP contribution in [0.2, 0.25) is 0 Å². The SMILES string of the molecule is CC(C(=O)O)C(=O)N(C)c1ccc2c(c1)CCCC2. The molecule has 19 heavy (non-hydrogen) atoms. The Morgan fingerprint density at radius 2 is 1.84 bits per heavy atom. The number of carbonyl (C=O) groups is 2. The maximum absolute atomic E-state index is 12.0. The first-order valence-electron chi connectivity index (χ1n) is 6.63. The Bertz CT molecular complexity index is 510. The van der Waals surface area contributed by atoms with Gasteiger partial charge in [0, 0.05) is 12.7 Å². The van der Waals surface area contributed by atoms with Crippen LogP contribution in [0.4, 0.5) is 5.69 Å². The third kappa shape index (κ3) is 2.78. The first-order chi connectivity index (χ1) is 9.00. The van der Waals surface area contributed by atoms with Crippen molar-refractivity contribution in [1.29, 1.82) is 0 Å². The second-order valence-electron chi connectivity index (χ2n) is 5.12. The standard InChI is InChI=1S/C15H19NO3/c1-10(15(18)19)14(17)16(2)13-8-7-11-5-3-4-6-12(11)9-13/h7-10H,3-6H2,1-2H3,(H,18,19). The normalized spacial score (nSPS) is 15.5. The lowest BCUT2D eigenvalue weighted by Gasteiger charge is -2.23. The fourth-order valence-electron chi connectivity index (χ4n) is 2.45. The molecule has 0 fully saturated rings. The Morgan fingerprint density at radius 1 is 1.21 bits per heavy atom. The predicted molar refractivity (Wildman–Crippen MR) is 73.3 cm³/mol. The van der Waals surface area contributed by atoms with Crippen LogP contribution in [-0.4, -0.2) is 24.0 Å². The van der Waals surface area contributed by atoms with Crippen LogP contribution in [0.5, 0.6) is 0 Å². The number of benzene rings is 1. The zero-order valence-electron chi connectivity index (χ0n) is 11.3. The van der Waals surface area contributed by atoms with Crippen molar-refractivity contribution in [3.63, 3.8) is 0 Å². The van der Waals surface area contributed by atoms with E-state index in [1.54, 1.807) is 7.05 Å². The summed E-state index contributed by atoms with van der Waals surface area (Å²) in [6.45, 7) is 1.42. The van der Waals surface area contributed by atoms with Crippen molar-refractivity contribution in [2.75, 3.05) is 11.9 Å². The van der Waals surface area contributed by atoms with E-state index in [1.807, 2.05) is 12.1 Å². The van der Waals surface area contributed by atoms with Gasteiger partial charge in [-0.1, -0.05) is 6.07 Å². The van der Waals surface area contributed by atoms with Crippen molar-refractivity contribution < 1.29 is 14.7 Å². The molecule has 0 aliphatic heterocycles. The highest BCUT2D eigenvalue weighted by Gasteiger charge is 2.25. The molecule has 0 heterocycles.